The van der Waals surface area contributed by atoms with E-state index in [0.717, 1.165) is 18.9 Å². The lowest BCUT2D eigenvalue weighted by Crippen LogP contribution is -2.34. The van der Waals surface area contributed by atoms with Crippen LogP contribution in [0.2, 0.25) is 0 Å². The van der Waals surface area contributed by atoms with Crippen LogP contribution >= 0.6 is 0 Å². The summed E-state index contributed by atoms with van der Waals surface area (Å²) in [6.45, 7) is 1.02. The van der Waals surface area contributed by atoms with Crippen molar-refractivity contribution in [2.45, 2.75) is 44.1 Å². The predicted octanol–water partition coefficient (Wildman–Crippen LogP) is 4.25. The summed E-state index contributed by atoms with van der Waals surface area (Å²) >= 11 is 0. The molecule has 0 amide bonds. The van der Waals surface area contributed by atoms with E-state index >= 15 is 0 Å². The molecule has 0 saturated heterocycles. The van der Waals surface area contributed by atoms with Crippen LogP contribution in [0.25, 0.3) is 0 Å². The Morgan fingerprint density at radius 2 is 1.55 bits per heavy atom. The molecule has 0 atom stereocenters. The standard InChI is InChI=1S/C20H25NO/c22-20-12-6-16(7-13-20)14-15-21-19-10-8-18(9-11-19)17-4-2-1-3-5-17/h1-7,12-13,18-19,21-22H,8-11,14-15H2. The van der Waals surface area contributed by atoms with Crippen LogP contribution < -0.4 is 5.32 Å². The van der Waals surface area contributed by atoms with Crippen LogP contribution in [-0.2, 0) is 6.42 Å². The second kappa shape index (κ2) is 7.46. The van der Waals surface area contributed by atoms with Crippen molar-refractivity contribution < 1.29 is 5.11 Å². The van der Waals surface area contributed by atoms with Gasteiger partial charge in [0.2, 0.25) is 0 Å². The molecule has 0 radical (unpaired) electrons. The SMILES string of the molecule is Oc1ccc(CCNC2CCC(c3ccccc3)CC2)cc1. The highest BCUT2D eigenvalue weighted by Gasteiger charge is 2.21. The van der Waals surface area contributed by atoms with Crippen LogP contribution in [0.1, 0.15) is 42.7 Å². The van der Waals surface area contributed by atoms with Crippen molar-refractivity contribution >= 4 is 0 Å². The van der Waals surface area contributed by atoms with Gasteiger partial charge in [-0.15, -0.1) is 0 Å². The Morgan fingerprint density at radius 3 is 2.23 bits per heavy atom. The Morgan fingerprint density at radius 1 is 0.864 bits per heavy atom. The maximum atomic E-state index is 9.29. The summed E-state index contributed by atoms with van der Waals surface area (Å²) in [6.07, 6.45) is 6.16. The fourth-order valence-corrected chi connectivity index (χ4v) is 3.44. The minimum atomic E-state index is 0.343. The van der Waals surface area contributed by atoms with E-state index in [1.54, 1.807) is 12.1 Å². The molecule has 2 aromatic rings. The Bertz CT molecular complexity index is 556. The van der Waals surface area contributed by atoms with Gasteiger partial charge in [-0.05, 0) is 67.8 Å². The largest absolute Gasteiger partial charge is 0.508 e. The van der Waals surface area contributed by atoms with Gasteiger partial charge in [0.05, 0.1) is 0 Å². The first-order chi connectivity index (χ1) is 10.8. The molecule has 116 valence electrons. The second-order valence-corrected chi connectivity index (χ2v) is 6.33. The number of nitrogens with one attached hydrogen (secondary N) is 1. The average molecular weight is 295 g/mol. The highest BCUT2D eigenvalue weighted by atomic mass is 16.3. The maximum Gasteiger partial charge on any atom is 0.115 e. The molecule has 0 aliphatic heterocycles. The van der Waals surface area contributed by atoms with E-state index in [2.05, 4.69) is 35.6 Å². The molecule has 0 aromatic heterocycles. The quantitative estimate of drug-likeness (QED) is 0.864. The van der Waals surface area contributed by atoms with E-state index in [1.165, 1.54) is 36.8 Å². The molecular formula is C20H25NO. The fraction of sp³-hybridized carbons (Fsp3) is 0.400. The number of aromatic hydroxyl groups is 1. The molecule has 2 aromatic carbocycles. The first-order valence-electron chi connectivity index (χ1n) is 8.37. The van der Waals surface area contributed by atoms with E-state index in [9.17, 15) is 5.11 Å². The van der Waals surface area contributed by atoms with Gasteiger partial charge in [-0.3, -0.25) is 0 Å². The topological polar surface area (TPSA) is 32.3 Å². The monoisotopic (exact) mass is 295 g/mol. The molecule has 2 heteroatoms. The van der Waals surface area contributed by atoms with Gasteiger partial charge < -0.3 is 10.4 Å². The molecule has 2 N–H and O–H groups in total. The Kier molecular flexibility index (Phi) is 5.12. The molecule has 0 bridgehead atoms. The van der Waals surface area contributed by atoms with Crippen molar-refractivity contribution in [2.75, 3.05) is 6.54 Å². The molecule has 3 rings (SSSR count). The number of phenolic OH excluding ortho intramolecular Hbond substituents is 1. The van der Waals surface area contributed by atoms with Gasteiger partial charge in [-0.25, -0.2) is 0 Å². The molecule has 0 unspecified atom stereocenters. The third-order valence-corrected chi connectivity index (χ3v) is 4.78. The molecule has 2 nitrogen and oxygen atoms in total. The summed E-state index contributed by atoms with van der Waals surface area (Å²) < 4.78 is 0. The minimum Gasteiger partial charge on any atom is -0.508 e. The van der Waals surface area contributed by atoms with Crippen molar-refractivity contribution in [2.24, 2.45) is 0 Å². The van der Waals surface area contributed by atoms with E-state index in [1.807, 2.05) is 12.1 Å². The highest BCUT2D eigenvalue weighted by molar-refractivity contribution is 5.26. The van der Waals surface area contributed by atoms with Crippen LogP contribution in [0.15, 0.2) is 54.6 Å². The molecule has 0 spiro atoms. The van der Waals surface area contributed by atoms with Gasteiger partial charge in [0, 0.05) is 6.04 Å². The lowest BCUT2D eigenvalue weighted by molar-refractivity contribution is 0.344. The smallest absolute Gasteiger partial charge is 0.115 e. The second-order valence-electron chi connectivity index (χ2n) is 6.33. The fourth-order valence-electron chi connectivity index (χ4n) is 3.44. The molecule has 1 aliphatic carbocycles. The molecule has 22 heavy (non-hydrogen) atoms. The van der Waals surface area contributed by atoms with E-state index in [4.69, 9.17) is 0 Å². The Hall–Kier alpha value is -1.80. The zero-order valence-electron chi connectivity index (χ0n) is 13.0. The third kappa shape index (κ3) is 4.11. The van der Waals surface area contributed by atoms with Gasteiger partial charge in [-0.2, -0.15) is 0 Å². The van der Waals surface area contributed by atoms with Gasteiger partial charge in [0.1, 0.15) is 5.75 Å². The number of phenols is 1. The van der Waals surface area contributed by atoms with E-state index < -0.39 is 0 Å². The number of rotatable bonds is 5. The Labute approximate surface area is 133 Å². The summed E-state index contributed by atoms with van der Waals surface area (Å²) in [5.41, 5.74) is 2.79. The van der Waals surface area contributed by atoms with Crippen LogP contribution in [-0.4, -0.2) is 17.7 Å². The van der Waals surface area contributed by atoms with Crippen molar-refractivity contribution in [3.05, 3.63) is 65.7 Å². The Balaban J connectivity index is 1.40. The van der Waals surface area contributed by atoms with Gasteiger partial charge in [0.15, 0.2) is 0 Å². The number of benzene rings is 2. The van der Waals surface area contributed by atoms with E-state index in [0.29, 0.717) is 11.8 Å². The normalized spacial score (nSPS) is 21.6. The summed E-state index contributed by atoms with van der Waals surface area (Å²) in [5, 5.41) is 13.0. The summed E-state index contributed by atoms with van der Waals surface area (Å²) in [7, 11) is 0. The molecule has 0 heterocycles. The van der Waals surface area contributed by atoms with Crippen LogP contribution in [0.3, 0.4) is 0 Å². The van der Waals surface area contributed by atoms with E-state index in [-0.39, 0.29) is 0 Å². The van der Waals surface area contributed by atoms with Gasteiger partial charge in [0.25, 0.3) is 0 Å². The van der Waals surface area contributed by atoms with Gasteiger partial charge in [-0.1, -0.05) is 42.5 Å². The van der Waals surface area contributed by atoms with Crippen LogP contribution in [0, 0.1) is 0 Å². The molecular weight excluding hydrogens is 270 g/mol. The third-order valence-electron chi connectivity index (χ3n) is 4.78. The number of hydrogen-bond donors (Lipinski definition) is 2. The zero-order valence-corrected chi connectivity index (χ0v) is 13.0. The molecule has 1 saturated carbocycles. The predicted molar refractivity (Wildman–Crippen MR) is 91.3 cm³/mol. The lowest BCUT2D eigenvalue weighted by atomic mass is 9.82. The van der Waals surface area contributed by atoms with Gasteiger partial charge >= 0.3 is 0 Å². The average Bonchev–Trinajstić information content (AvgIpc) is 2.58. The summed E-state index contributed by atoms with van der Waals surface area (Å²) in [6, 6.07) is 19.1. The molecule has 1 fully saturated rings. The minimum absolute atomic E-state index is 0.343. The molecule has 1 aliphatic rings. The van der Waals surface area contributed by atoms with Crippen LogP contribution in [0.4, 0.5) is 0 Å². The maximum absolute atomic E-state index is 9.29. The van der Waals surface area contributed by atoms with Crippen LogP contribution in [0.5, 0.6) is 5.75 Å². The van der Waals surface area contributed by atoms with Crippen molar-refractivity contribution in [1.82, 2.24) is 5.32 Å². The number of hydrogen-bond acceptors (Lipinski definition) is 2. The first kappa shape index (κ1) is 15.1. The zero-order chi connectivity index (χ0) is 15.2. The summed E-state index contributed by atoms with van der Waals surface area (Å²) in [4.78, 5) is 0. The van der Waals surface area contributed by atoms with Crippen molar-refractivity contribution in [3.63, 3.8) is 0 Å². The van der Waals surface area contributed by atoms with Crippen molar-refractivity contribution in [1.29, 1.82) is 0 Å². The highest BCUT2D eigenvalue weighted by Crippen LogP contribution is 2.32. The summed E-state index contributed by atoms with van der Waals surface area (Å²) in [5.74, 6) is 1.09. The first-order valence-corrected chi connectivity index (χ1v) is 8.37. The van der Waals surface area contributed by atoms with Crippen molar-refractivity contribution in [3.8, 4) is 5.75 Å². The lowest BCUT2D eigenvalue weighted by Gasteiger charge is -2.29.